The minimum absolute atomic E-state index is 0.168. The number of nitrogens with zero attached hydrogens (tertiary/aromatic N) is 1. The topological polar surface area (TPSA) is 84.0 Å². The molecule has 0 spiro atoms. The number of aromatic nitrogens is 1. The van der Waals surface area contributed by atoms with E-state index < -0.39 is 5.97 Å². The van der Waals surface area contributed by atoms with Gasteiger partial charge in [-0.1, -0.05) is 6.07 Å². The van der Waals surface area contributed by atoms with Crippen LogP contribution in [0.1, 0.15) is 31.8 Å². The summed E-state index contributed by atoms with van der Waals surface area (Å²) in [7, 11) is 2.92. The fraction of sp³-hybridized carbons (Fsp3) is 0.125. The summed E-state index contributed by atoms with van der Waals surface area (Å²) in [5.41, 5.74) is 2.03. The van der Waals surface area contributed by atoms with Crippen LogP contribution in [0.4, 0.5) is 0 Å². The Bertz CT molecular complexity index is 1180. The average Bonchev–Trinajstić information content (AvgIpc) is 3.09. The minimum Gasteiger partial charge on any atom is -0.496 e. The van der Waals surface area contributed by atoms with E-state index in [0.29, 0.717) is 28.4 Å². The minimum atomic E-state index is -0.648. The van der Waals surface area contributed by atoms with Crippen LogP contribution in [0.2, 0.25) is 0 Å². The molecule has 0 unspecified atom stereocenters. The molecule has 1 aromatic heterocycles. The van der Waals surface area contributed by atoms with Crippen molar-refractivity contribution in [1.29, 1.82) is 0 Å². The quantitative estimate of drug-likeness (QED) is 0.349. The number of ether oxygens (including phenoxy) is 4. The molecule has 0 aliphatic carbocycles. The number of fused-ring (bicyclic) bond motifs is 1. The molecule has 0 saturated carbocycles. The smallest absolute Gasteiger partial charge is 0.351 e. The number of hydrogen-bond acceptors (Lipinski definition) is 7. The standard InChI is InChI=1S/C24H19NO6/c1-14-11-16(30-24(27)22-17(28-2)5-4-6-18(22)29-3)13-19-21(14)23(26)20(31-19)12-15-7-9-25-10-8-15/h4-13H,1-3H3/b20-12-. The number of rotatable bonds is 5. The second kappa shape index (κ2) is 8.31. The highest BCUT2D eigenvalue weighted by atomic mass is 16.5. The first kappa shape index (κ1) is 20.2. The van der Waals surface area contributed by atoms with Crippen LogP contribution in [0.25, 0.3) is 6.08 Å². The SMILES string of the molecule is COc1cccc(OC)c1C(=O)Oc1cc(C)c2c(c1)O/C(=C\c1ccncc1)C2=O. The number of esters is 1. The lowest BCUT2D eigenvalue weighted by Gasteiger charge is -2.13. The Hall–Kier alpha value is -4.13. The van der Waals surface area contributed by atoms with E-state index in [1.54, 1.807) is 61.8 Å². The highest BCUT2D eigenvalue weighted by Gasteiger charge is 2.30. The van der Waals surface area contributed by atoms with Gasteiger partial charge in [0.15, 0.2) is 5.76 Å². The first-order chi connectivity index (χ1) is 15.0. The van der Waals surface area contributed by atoms with E-state index in [1.807, 2.05) is 0 Å². The van der Waals surface area contributed by atoms with E-state index >= 15 is 0 Å². The molecule has 7 heteroatoms. The summed E-state index contributed by atoms with van der Waals surface area (Å²) in [4.78, 5) is 29.6. The van der Waals surface area contributed by atoms with Crippen LogP contribution in [-0.4, -0.2) is 31.0 Å². The molecule has 1 aliphatic heterocycles. The molecule has 0 fully saturated rings. The molecular formula is C24H19NO6. The molecule has 1 aliphatic rings. The van der Waals surface area contributed by atoms with Crippen molar-refractivity contribution < 1.29 is 28.5 Å². The number of benzene rings is 2. The number of aryl methyl sites for hydroxylation is 1. The number of allylic oxidation sites excluding steroid dienone is 1. The van der Waals surface area contributed by atoms with Crippen molar-refractivity contribution in [3.05, 3.63) is 82.9 Å². The van der Waals surface area contributed by atoms with Crippen molar-refractivity contribution in [3.8, 4) is 23.0 Å². The summed E-state index contributed by atoms with van der Waals surface area (Å²) in [6.07, 6.45) is 4.91. The van der Waals surface area contributed by atoms with Crippen LogP contribution in [0, 0.1) is 6.92 Å². The van der Waals surface area contributed by atoms with Gasteiger partial charge in [0.1, 0.15) is 28.6 Å². The third-order valence-electron chi connectivity index (χ3n) is 4.79. The summed E-state index contributed by atoms with van der Waals surface area (Å²) in [5, 5.41) is 0. The van der Waals surface area contributed by atoms with Gasteiger partial charge >= 0.3 is 5.97 Å². The van der Waals surface area contributed by atoms with Gasteiger partial charge in [0.2, 0.25) is 5.78 Å². The fourth-order valence-corrected chi connectivity index (χ4v) is 3.36. The molecule has 156 valence electrons. The number of pyridine rings is 1. The van der Waals surface area contributed by atoms with Crippen molar-refractivity contribution in [1.82, 2.24) is 4.98 Å². The maximum atomic E-state index is 12.8. The Balaban J connectivity index is 1.64. The van der Waals surface area contributed by atoms with Gasteiger partial charge in [-0.3, -0.25) is 9.78 Å². The Labute approximate surface area is 178 Å². The zero-order valence-corrected chi connectivity index (χ0v) is 17.2. The number of carbonyl (C=O) groups is 2. The van der Waals surface area contributed by atoms with E-state index in [2.05, 4.69) is 4.98 Å². The van der Waals surface area contributed by atoms with Crippen molar-refractivity contribution >= 4 is 17.8 Å². The summed E-state index contributed by atoms with van der Waals surface area (Å²) in [5.74, 6) is 0.554. The van der Waals surface area contributed by atoms with Gasteiger partial charge in [0.05, 0.1) is 19.8 Å². The van der Waals surface area contributed by atoms with Gasteiger partial charge in [0, 0.05) is 18.5 Å². The molecule has 0 atom stereocenters. The van der Waals surface area contributed by atoms with Crippen LogP contribution >= 0.6 is 0 Å². The van der Waals surface area contributed by atoms with Gasteiger partial charge in [-0.25, -0.2) is 4.79 Å². The predicted molar refractivity (Wildman–Crippen MR) is 113 cm³/mol. The molecule has 0 radical (unpaired) electrons. The summed E-state index contributed by atoms with van der Waals surface area (Å²) in [6, 6.07) is 11.7. The van der Waals surface area contributed by atoms with Crippen LogP contribution in [0.5, 0.6) is 23.0 Å². The molecule has 2 heterocycles. The molecule has 7 nitrogen and oxygen atoms in total. The number of ketones is 1. The van der Waals surface area contributed by atoms with Crippen LogP contribution in [0.15, 0.2) is 60.6 Å². The summed E-state index contributed by atoms with van der Waals surface area (Å²) in [6.45, 7) is 1.76. The monoisotopic (exact) mass is 417 g/mol. The summed E-state index contributed by atoms with van der Waals surface area (Å²) >= 11 is 0. The molecule has 0 bridgehead atoms. The Kier molecular flexibility index (Phi) is 5.41. The van der Waals surface area contributed by atoms with E-state index in [-0.39, 0.29) is 22.9 Å². The predicted octanol–water partition coefficient (Wildman–Crippen LogP) is 4.24. The Morgan fingerprint density at radius 1 is 1.03 bits per heavy atom. The maximum absolute atomic E-state index is 12.8. The van der Waals surface area contributed by atoms with Gasteiger partial charge in [-0.15, -0.1) is 0 Å². The van der Waals surface area contributed by atoms with Gasteiger partial charge in [-0.05, 0) is 54.5 Å². The normalized spacial score (nSPS) is 13.5. The van der Waals surface area contributed by atoms with E-state index in [0.717, 1.165) is 5.56 Å². The Morgan fingerprint density at radius 2 is 1.71 bits per heavy atom. The lowest BCUT2D eigenvalue weighted by molar-refractivity contribution is 0.0727. The zero-order chi connectivity index (χ0) is 22.0. The molecule has 2 aromatic carbocycles. The van der Waals surface area contributed by atoms with Crippen LogP contribution < -0.4 is 18.9 Å². The average molecular weight is 417 g/mol. The Morgan fingerprint density at radius 3 is 2.35 bits per heavy atom. The lowest BCUT2D eigenvalue weighted by Crippen LogP contribution is -2.12. The van der Waals surface area contributed by atoms with Gasteiger partial charge < -0.3 is 18.9 Å². The molecule has 0 amide bonds. The molecule has 31 heavy (non-hydrogen) atoms. The molecule has 0 saturated heterocycles. The second-order valence-corrected chi connectivity index (χ2v) is 6.76. The zero-order valence-electron chi connectivity index (χ0n) is 17.2. The second-order valence-electron chi connectivity index (χ2n) is 6.76. The van der Waals surface area contributed by atoms with Crippen molar-refractivity contribution in [2.45, 2.75) is 6.92 Å². The van der Waals surface area contributed by atoms with Crippen molar-refractivity contribution in [2.24, 2.45) is 0 Å². The van der Waals surface area contributed by atoms with E-state index in [9.17, 15) is 9.59 Å². The molecular weight excluding hydrogens is 398 g/mol. The largest absolute Gasteiger partial charge is 0.496 e. The third kappa shape index (κ3) is 3.85. The van der Waals surface area contributed by atoms with E-state index in [4.69, 9.17) is 18.9 Å². The van der Waals surface area contributed by atoms with Crippen molar-refractivity contribution in [2.75, 3.05) is 14.2 Å². The fourth-order valence-electron chi connectivity index (χ4n) is 3.36. The molecule has 3 aromatic rings. The maximum Gasteiger partial charge on any atom is 0.351 e. The lowest BCUT2D eigenvalue weighted by atomic mass is 10.0. The third-order valence-corrected chi connectivity index (χ3v) is 4.79. The first-order valence-corrected chi connectivity index (χ1v) is 9.44. The van der Waals surface area contributed by atoms with Gasteiger partial charge in [0.25, 0.3) is 0 Å². The summed E-state index contributed by atoms with van der Waals surface area (Å²) < 4.78 is 21.9. The molecule has 0 N–H and O–H groups in total. The highest BCUT2D eigenvalue weighted by molar-refractivity contribution is 6.15. The first-order valence-electron chi connectivity index (χ1n) is 9.44. The van der Waals surface area contributed by atoms with Crippen LogP contribution in [-0.2, 0) is 0 Å². The number of hydrogen-bond donors (Lipinski definition) is 0. The number of carbonyl (C=O) groups excluding carboxylic acids is 2. The van der Waals surface area contributed by atoms with Crippen molar-refractivity contribution in [3.63, 3.8) is 0 Å². The van der Waals surface area contributed by atoms with Gasteiger partial charge in [-0.2, -0.15) is 0 Å². The van der Waals surface area contributed by atoms with Crippen LogP contribution in [0.3, 0.4) is 0 Å². The molecule has 4 rings (SSSR count). The number of methoxy groups -OCH3 is 2. The highest BCUT2D eigenvalue weighted by Crippen LogP contribution is 2.38. The van der Waals surface area contributed by atoms with E-state index in [1.165, 1.54) is 20.3 Å². The number of Topliss-reactive ketones (excluding diaryl/α,β-unsaturated/α-hetero) is 1.